The van der Waals surface area contributed by atoms with Gasteiger partial charge in [-0.05, 0) is 12.8 Å². The van der Waals surface area contributed by atoms with Gasteiger partial charge in [0, 0.05) is 0 Å². The quantitative estimate of drug-likeness (QED) is 0.544. The molecule has 0 fully saturated rings. The van der Waals surface area contributed by atoms with Crippen molar-refractivity contribution in [1.82, 2.24) is 0 Å². The van der Waals surface area contributed by atoms with Crippen LogP contribution >= 0.6 is 0 Å². The topological polar surface area (TPSA) is 52.3 Å². The van der Waals surface area contributed by atoms with Gasteiger partial charge in [-0.1, -0.05) is 33.1 Å². The van der Waals surface area contributed by atoms with E-state index in [4.69, 9.17) is 10.5 Å². The minimum absolute atomic E-state index is 0.122. The first kappa shape index (κ1) is 17.2. The predicted molar refractivity (Wildman–Crippen MR) is 62.9 cm³/mol. The normalized spacial score (nSPS) is 15.2. The second-order valence-electron chi connectivity index (χ2n) is 4.34. The van der Waals surface area contributed by atoms with Crippen molar-refractivity contribution in [3.05, 3.63) is 0 Å². The van der Waals surface area contributed by atoms with Crippen molar-refractivity contribution < 1.29 is 22.7 Å². The van der Waals surface area contributed by atoms with Crippen LogP contribution in [0.1, 0.15) is 46.0 Å². The van der Waals surface area contributed by atoms with E-state index in [0.717, 1.165) is 12.8 Å². The Kier molecular flexibility index (Phi) is 7.98. The fraction of sp³-hybridized carbons (Fsp3) is 0.917. The van der Waals surface area contributed by atoms with Crippen molar-refractivity contribution in [3.63, 3.8) is 0 Å². The molecule has 0 heterocycles. The average molecular weight is 269 g/mol. The summed E-state index contributed by atoms with van der Waals surface area (Å²) in [5, 5.41) is 0. The van der Waals surface area contributed by atoms with Crippen molar-refractivity contribution in [2.75, 3.05) is 6.61 Å². The van der Waals surface area contributed by atoms with Gasteiger partial charge in [0.15, 0.2) is 0 Å². The molecule has 0 aromatic carbocycles. The molecular formula is C12H22F3NO2. The Bertz CT molecular complexity index is 244. The summed E-state index contributed by atoms with van der Waals surface area (Å²) in [6.07, 6.45) is -1.67. The van der Waals surface area contributed by atoms with Gasteiger partial charge in [-0.25, -0.2) is 0 Å². The Morgan fingerprint density at radius 2 is 1.83 bits per heavy atom. The van der Waals surface area contributed by atoms with Gasteiger partial charge in [0.25, 0.3) is 0 Å². The molecule has 0 aliphatic heterocycles. The van der Waals surface area contributed by atoms with E-state index in [-0.39, 0.29) is 13.0 Å². The maximum absolute atomic E-state index is 12.6. The summed E-state index contributed by atoms with van der Waals surface area (Å²) in [4.78, 5) is 11.6. The van der Waals surface area contributed by atoms with Crippen LogP contribution in [0.5, 0.6) is 0 Å². The lowest BCUT2D eigenvalue weighted by Gasteiger charge is -2.24. The van der Waals surface area contributed by atoms with Gasteiger partial charge in [0.05, 0.1) is 12.5 Å². The van der Waals surface area contributed by atoms with Gasteiger partial charge in [0.2, 0.25) is 0 Å². The molecule has 108 valence electrons. The molecule has 2 N–H and O–H groups in total. The van der Waals surface area contributed by atoms with Crippen molar-refractivity contribution in [1.29, 1.82) is 0 Å². The van der Waals surface area contributed by atoms with Gasteiger partial charge in [0.1, 0.15) is 6.04 Å². The average Bonchev–Trinajstić information content (AvgIpc) is 2.29. The number of unbranched alkanes of at least 4 members (excludes halogenated alkanes) is 2. The van der Waals surface area contributed by atoms with E-state index in [2.05, 4.69) is 0 Å². The fourth-order valence-corrected chi connectivity index (χ4v) is 1.60. The molecule has 0 aromatic rings. The van der Waals surface area contributed by atoms with Crippen molar-refractivity contribution >= 4 is 5.97 Å². The van der Waals surface area contributed by atoms with Crippen LogP contribution < -0.4 is 5.73 Å². The summed E-state index contributed by atoms with van der Waals surface area (Å²) in [5.74, 6) is -2.12. The maximum atomic E-state index is 12.6. The lowest BCUT2D eigenvalue weighted by molar-refractivity contribution is -0.177. The highest BCUT2D eigenvalue weighted by Gasteiger charge is 2.45. The minimum Gasteiger partial charge on any atom is -0.465 e. The molecule has 3 nitrogen and oxygen atoms in total. The van der Waals surface area contributed by atoms with Gasteiger partial charge in [-0.2, -0.15) is 13.2 Å². The van der Waals surface area contributed by atoms with Crippen LogP contribution in [0.2, 0.25) is 0 Å². The second-order valence-corrected chi connectivity index (χ2v) is 4.34. The third-order valence-electron chi connectivity index (χ3n) is 2.68. The number of carbonyl (C=O) groups is 1. The number of rotatable bonds is 8. The number of esters is 1. The number of halogens is 3. The van der Waals surface area contributed by atoms with Crippen LogP contribution in [-0.2, 0) is 9.53 Å². The minimum atomic E-state index is -4.57. The molecule has 0 bridgehead atoms. The summed E-state index contributed by atoms with van der Waals surface area (Å²) >= 11 is 0. The number of hydrogen-bond acceptors (Lipinski definition) is 3. The lowest BCUT2D eigenvalue weighted by Crippen LogP contribution is -2.47. The zero-order valence-corrected chi connectivity index (χ0v) is 10.9. The highest BCUT2D eigenvalue weighted by atomic mass is 19.4. The van der Waals surface area contributed by atoms with E-state index in [0.29, 0.717) is 12.8 Å². The first-order chi connectivity index (χ1) is 8.34. The third kappa shape index (κ3) is 6.23. The van der Waals surface area contributed by atoms with Crippen LogP contribution in [-0.4, -0.2) is 24.8 Å². The smallest absolute Gasteiger partial charge is 0.404 e. The second kappa shape index (κ2) is 8.34. The molecule has 0 amide bonds. The van der Waals surface area contributed by atoms with Crippen molar-refractivity contribution in [2.45, 2.75) is 58.2 Å². The molecule has 0 saturated carbocycles. The molecule has 0 unspecified atom stereocenters. The van der Waals surface area contributed by atoms with Gasteiger partial charge < -0.3 is 10.5 Å². The molecular weight excluding hydrogens is 247 g/mol. The molecule has 0 rings (SSSR count). The van der Waals surface area contributed by atoms with Crippen LogP contribution in [0.4, 0.5) is 13.2 Å². The molecule has 0 aliphatic carbocycles. The van der Waals surface area contributed by atoms with E-state index in [1.54, 1.807) is 6.92 Å². The van der Waals surface area contributed by atoms with Gasteiger partial charge in [-0.15, -0.1) is 0 Å². The third-order valence-corrected chi connectivity index (χ3v) is 2.68. The molecule has 2 atom stereocenters. The van der Waals surface area contributed by atoms with Crippen molar-refractivity contribution in [2.24, 2.45) is 11.7 Å². The van der Waals surface area contributed by atoms with Crippen LogP contribution in [0.3, 0.4) is 0 Å². The van der Waals surface area contributed by atoms with E-state index in [1.165, 1.54) is 0 Å². The van der Waals surface area contributed by atoms with E-state index < -0.39 is 24.1 Å². The first-order valence-corrected chi connectivity index (χ1v) is 6.33. The molecule has 6 heteroatoms. The Hall–Kier alpha value is -0.780. The van der Waals surface area contributed by atoms with Gasteiger partial charge in [-0.3, -0.25) is 4.79 Å². The number of alkyl halides is 3. The summed E-state index contributed by atoms with van der Waals surface area (Å²) in [6, 6.07) is -2.14. The SMILES string of the molecule is CCCCC[C@@H](C(=O)OCCC)[C@@H](N)C(F)(F)F. The highest BCUT2D eigenvalue weighted by molar-refractivity contribution is 5.73. The van der Waals surface area contributed by atoms with E-state index in [1.807, 2.05) is 6.92 Å². The Morgan fingerprint density at radius 1 is 1.22 bits per heavy atom. The molecule has 0 aliphatic rings. The van der Waals surface area contributed by atoms with E-state index in [9.17, 15) is 18.0 Å². The standard InChI is InChI=1S/C12H22F3NO2/c1-3-5-6-7-9(10(16)12(13,14)15)11(17)18-8-4-2/h9-10H,3-8,16H2,1-2H3/t9-,10-/m1/s1. The van der Waals surface area contributed by atoms with Crippen LogP contribution in [0.25, 0.3) is 0 Å². The summed E-state index contributed by atoms with van der Waals surface area (Å²) in [7, 11) is 0. The number of ether oxygens (including phenoxy) is 1. The lowest BCUT2D eigenvalue weighted by atomic mass is 9.93. The maximum Gasteiger partial charge on any atom is 0.404 e. The summed E-state index contributed by atoms with van der Waals surface area (Å²) < 4.78 is 42.5. The van der Waals surface area contributed by atoms with E-state index >= 15 is 0 Å². The number of carbonyl (C=O) groups excluding carboxylic acids is 1. The largest absolute Gasteiger partial charge is 0.465 e. The molecule has 0 spiro atoms. The Balaban J connectivity index is 4.55. The van der Waals surface area contributed by atoms with Gasteiger partial charge >= 0.3 is 12.1 Å². The molecule has 0 saturated heterocycles. The molecule has 0 aromatic heterocycles. The molecule has 18 heavy (non-hydrogen) atoms. The monoisotopic (exact) mass is 269 g/mol. The first-order valence-electron chi connectivity index (χ1n) is 6.33. The zero-order chi connectivity index (χ0) is 14.2. The molecule has 0 radical (unpaired) electrons. The van der Waals surface area contributed by atoms with Crippen LogP contribution in [0, 0.1) is 5.92 Å². The van der Waals surface area contributed by atoms with Crippen LogP contribution in [0.15, 0.2) is 0 Å². The highest BCUT2D eigenvalue weighted by Crippen LogP contribution is 2.28. The zero-order valence-electron chi connectivity index (χ0n) is 10.9. The number of nitrogens with two attached hydrogens (primary N) is 1. The predicted octanol–water partition coefficient (Wildman–Crippen LogP) is 3.03. The summed E-state index contributed by atoms with van der Waals surface area (Å²) in [6.45, 7) is 3.85. The Morgan fingerprint density at radius 3 is 2.28 bits per heavy atom. The summed E-state index contributed by atoms with van der Waals surface area (Å²) in [5.41, 5.74) is 5.12. The fourth-order valence-electron chi connectivity index (χ4n) is 1.60. The number of hydrogen-bond donors (Lipinski definition) is 1. The Labute approximate surface area is 106 Å². The van der Waals surface area contributed by atoms with Crippen molar-refractivity contribution in [3.8, 4) is 0 Å².